The van der Waals surface area contributed by atoms with E-state index in [0.717, 1.165) is 19.4 Å². The number of piperidine rings is 1. The second-order valence-corrected chi connectivity index (χ2v) is 6.98. The smallest absolute Gasteiger partial charge is 0.271 e. The summed E-state index contributed by atoms with van der Waals surface area (Å²) in [4.78, 5) is 35.9. The normalized spacial score (nSPS) is 17.3. The molecule has 8 nitrogen and oxygen atoms in total. The van der Waals surface area contributed by atoms with E-state index in [-0.39, 0.29) is 17.5 Å². The zero-order chi connectivity index (χ0) is 19.0. The van der Waals surface area contributed by atoms with E-state index in [9.17, 15) is 9.59 Å². The molecule has 27 heavy (non-hydrogen) atoms. The number of rotatable bonds is 3. The third-order valence-corrected chi connectivity index (χ3v) is 4.94. The van der Waals surface area contributed by atoms with Crippen LogP contribution in [0.25, 0.3) is 10.9 Å². The van der Waals surface area contributed by atoms with Crippen LogP contribution >= 0.6 is 0 Å². The number of para-hydroxylation sites is 1. The second kappa shape index (κ2) is 6.86. The van der Waals surface area contributed by atoms with Gasteiger partial charge in [-0.05, 0) is 25.0 Å². The van der Waals surface area contributed by atoms with E-state index < -0.39 is 0 Å². The van der Waals surface area contributed by atoms with Crippen LogP contribution in [0.2, 0.25) is 0 Å². The Labute approximate surface area is 156 Å². The summed E-state index contributed by atoms with van der Waals surface area (Å²) in [6, 6.07) is 7.35. The molecule has 1 atom stereocenters. The Morgan fingerprint density at radius 2 is 2.07 bits per heavy atom. The van der Waals surface area contributed by atoms with Crippen LogP contribution in [0.3, 0.4) is 0 Å². The molecule has 1 aliphatic rings. The Hall–Kier alpha value is -3.16. The highest BCUT2D eigenvalue weighted by Crippen LogP contribution is 2.19. The Morgan fingerprint density at radius 3 is 2.85 bits per heavy atom. The molecule has 1 saturated heterocycles. The van der Waals surface area contributed by atoms with Crippen LogP contribution in [0.4, 0.5) is 5.95 Å². The van der Waals surface area contributed by atoms with Gasteiger partial charge in [0.1, 0.15) is 5.69 Å². The number of benzene rings is 1. The number of hydrogen-bond donors (Lipinski definition) is 1. The first kappa shape index (κ1) is 17.3. The molecule has 0 radical (unpaired) electrons. The lowest BCUT2D eigenvalue weighted by atomic mass is 10.1. The van der Waals surface area contributed by atoms with Crippen LogP contribution in [0.1, 0.15) is 23.3 Å². The molecule has 0 spiro atoms. The number of nitrogens with zero attached hydrogens (tertiary/aromatic N) is 5. The predicted molar refractivity (Wildman–Crippen MR) is 103 cm³/mol. The van der Waals surface area contributed by atoms with Gasteiger partial charge in [0.15, 0.2) is 0 Å². The molecular weight excluding hydrogens is 344 g/mol. The molecule has 140 valence electrons. The Morgan fingerprint density at radius 1 is 1.26 bits per heavy atom. The summed E-state index contributed by atoms with van der Waals surface area (Å²) in [5, 5.41) is 3.66. The summed E-state index contributed by atoms with van der Waals surface area (Å²) < 4.78 is 3.34. The fourth-order valence-electron chi connectivity index (χ4n) is 3.56. The molecule has 1 N–H and O–H groups in total. The highest BCUT2D eigenvalue weighted by Gasteiger charge is 2.25. The summed E-state index contributed by atoms with van der Waals surface area (Å²) in [5.74, 6) is 0.457. The molecule has 4 rings (SSSR count). The average Bonchev–Trinajstić information content (AvgIpc) is 3.11. The molecule has 0 aliphatic carbocycles. The third-order valence-electron chi connectivity index (χ3n) is 4.94. The van der Waals surface area contributed by atoms with Crippen LogP contribution in [-0.2, 0) is 14.1 Å². The zero-order valence-corrected chi connectivity index (χ0v) is 15.4. The van der Waals surface area contributed by atoms with Crippen LogP contribution in [0.15, 0.2) is 41.6 Å². The van der Waals surface area contributed by atoms with Gasteiger partial charge in [-0.15, -0.1) is 0 Å². The molecule has 3 heterocycles. The first-order valence-corrected chi connectivity index (χ1v) is 9.02. The fraction of sp³-hybridized carbons (Fsp3) is 0.368. The highest BCUT2D eigenvalue weighted by molar-refractivity contribution is 5.92. The van der Waals surface area contributed by atoms with Crippen molar-refractivity contribution in [2.45, 2.75) is 18.9 Å². The number of amides is 1. The fourth-order valence-corrected chi connectivity index (χ4v) is 3.56. The molecule has 1 aromatic carbocycles. The minimum absolute atomic E-state index is 0.0170. The number of aromatic nitrogens is 4. The van der Waals surface area contributed by atoms with E-state index in [2.05, 4.69) is 15.2 Å². The van der Waals surface area contributed by atoms with E-state index in [4.69, 9.17) is 4.98 Å². The Kier molecular flexibility index (Phi) is 4.39. The van der Waals surface area contributed by atoms with Crippen molar-refractivity contribution in [3.63, 3.8) is 0 Å². The number of fused-ring (bicyclic) bond motifs is 1. The van der Waals surface area contributed by atoms with Crippen molar-refractivity contribution < 1.29 is 4.79 Å². The predicted octanol–water partition coefficient (Wildman–Crippen LogP) is 1.07. The van der Waals surface area contributed by atoms with E-state index >= 15 is 0 Å². The van der Waals surface area contributed by atoms with Gasteiger partial charge in [-0.2, -0.15) is 0 Å². The maximum atomic E-state index is 12.7. The Balaban J connectivity index is 1.56. The summed E-state index contributed by atoms with van der Waals surface area (Å²) in [6.45, 7) is 1.41. The van der Waals surface area contributed by atoms with Gasteiger partial charge in [0.2, 0.25) is 5.95 Å². The number of carbonyl (C=O) groups is 1. The van der Waals surface area contributed by atoms with Gasteiger partial charge >= 0.3 is 0 Å². The minimum atomic E-state index is -0.178. The van der Waals surface area contributed by atoms with Gasteiger partial charge < -0.3 is 14.8 Å². The first-order valence-electron chi connectivity index (χ1n) is 9.02. The van der Waals surface area contributed by atoms with Gasteiger partial charge in [0, 0.05) is 39.4 Å². The number of aryl methyl sites for hydroxylation is 1. The Bertz CT molecular complexity index is 1050. The molecule has 1 unspecified atom stereocenters. The van der Waals surface area contributed by atoms with Gasteiger partial charge in [-0.3, -0.25) is 14.2 Å². The number of nitrogens with one attached hydrogen (secondary N) is 1. The standard InChI is InChI=1S/C19H22N6O2/c1-23-11-16(20-12-23)17(26)21-13-6-5-9-25(10-13)19-22-15-8-4-3-7-14(15)18(27)24(19)2/h3-4,7-8,11-13H,5-6,9-10H2,1-2H3,(H,21,26). The SMILES string of the molecule is Cn1cnc(C(=O)NC2CCCN(c3nc4ccccc4c(=O)n3C)C2)c1. The molecule has 3 aromatic rings. The van der Waals surface area contributed by atoms with Crippen molar-refractivity contribution in [1.82, 2.24) is 24.4 Å². The zero-order valence-electron chi connectivity index (χ0n) is 15.4. The van der Waals surface area contributed by atoms with Gasteiger partial charge in [0.25, 0.3) is 11.5 Å². The first-order chi connectivity index (χ1) is 13.0. The van der Waals surface area contributed by atoms with Crippen molar-refractivity contribution in [2.24, 2.45) is 14.1 Å². The van der Waals surface area contributed by atoms with E-state index in [1.165, 1.54) is 0 Å². The second-order valence-electron chi connectivity index (χ2n) is 6.98. The average molecular weight is 366 g/mol. The molecule has 2 aromatic heterocycles. The summed E-state index contributed by atoms with van der Waals surface area (Å²) in [6.07, 6.45) is 5.11. The third kappa shape index (κ3) is 3.30. The molecule has 8 heteroatoms. The largest absolute Gasteiger partial charge is 0.346 e. The van der Waals surface area contributed by atoms with Gasteiger partial charge in [0.05, 0.1) is 17.2 Å². The van der Waals surface area contributed by atoms with Crippen molar-refractivity contribution in [1.29, 1.82) is 0 Å². The number of anilines is 1. The quantitative estimate of drug-likeness (QED) is 0.749. The molecule has 1 amide bonds. The van der Waals surface area contributed by atoms with E-state index in [0.29, 0.717) is 29.1 Å². The van der Waals surface area contributed by atoms with Crippen LogP contribution in [0, 0.1) is 0 Å². The lowest BCUT2D eigenvalue weighted by Gasteiger charge is -2.34. The van der Waals surface area contributed by atoms with Crippen LogP contribution in [-0.4, -0.2) is 44.1 Å². The summed E-state index contributed by atoms with van der Waals surface area (Å²) in [5.41, 5.74) is 1.04. The van der Waals surface area contributed by atoms with Crippen molar-refractivity contribution in [2.75, 3.05) is 18.0 Å². The molecule has 1 fully saturated rings. The molecule has 1 aliphatic heterocycles. The molecule has 0 saturated carbocycles. The summed E-state index contributed by atoms with van der Waals surface area (Å²) >= 11 is 0. The van der Waals surface area contributed by atoms with Crippen molar-refractivity contribution in [3.8, 4) is 0 Å². The minimum Gasteiger partial charge on any atom is -0.346 e. The maximum absolute atomic E-state index is 12.7. The van der Waals surface area contributed by atoms with Crippen LogP contribution < -0.4 is 15.8 Å². The van der Waals surface area contributed by atoms with Gasteiger partial charge in [-0.1, -0.05) is 12.1 Å². The lowest BCUT2D eigenvalue weighted by molar-refractivity contribution is 0.0928. The van der Waals surface area contributed by atoms with Crippen molar-refractivity contribution in [3.05, 3.63) is 52.8 Å². The number of imidazole rings is 1. The lowest BCUT2D eigenvalue weighted by Crippen LogP contribution is -2.49. The van der Waals surface area contributed by atoms with Crippen LogP contribution in [0.5, 0.6) is 0 Å². The van der Waals surface area contributed by atoms with Gasteiger partial charge in [-0.25, -0.2) is 9.97 Å². The maximum Gasteiger partial charge on any atom is 0.271 e. The molecule has 0 bridgehead atoms. The molecular formula is C19H22N6O2. The highest BCUT2D eigenvalue weighted by atomic mass is 16.2. The number of carbonyl (C=O) groups excluding carboxylic acids is 1. The summed E-state index contributed by atoms with van der Waals surface area (Å²) in [7, 11) is 3.57. The van der Waals surface area contributed by atoms with E-state index in [1.807, 2.05) is 25.2 Å². The topological polar surface area (TPSA) is 85.1 Å². The van der Waals surface area contributed by atoms with Crippen molar-refractivity contribution >= 4 is 22.8 Å². The van der Waals surface area contributed by atoms with E-state index in [1.54, 1.807) is 34.8 Å². The number of hydrogen-bond acceptors (Lipinski definition) is 5. The monoisotopic (exact) mass is 366 g/mol.